The first-order valence-electron chi connectivity index (χ1n) is 4.28. The van der Waals surface area contributed by atoms with Crippen molar-refractivity contribution in [1.82, 2.24) is 4.98 Å². The summed E-state index contributed by atoms with van der Waals surface area (Å²) in [5.74, 6) is -0.0822. The number of nitrogens with one attached hydrogen (secondary N) is 1. The minimum absolute atomic E-state index is 0.0709. The number of aromatic nitrogens is 1. The Bertz CT molecular complexity index is 315. The molecule has 1 rings (SSSR count). The molecular weight excluding hydrogens is 266 g/mol. The Morgan fingerprint density at radius 3 is 3.07 bits per heavy atom. The number of thiazole rings is 1. The van der Waals surface area contributed by atoms with E-state index in [4.69, 9.17) is 5.73 Å². The molecular formula is C8H12BrN3OS. The fourth-order valence-electron chi connectivity index (χ4n) is 0.865. The minimum Gasteiger partial charge on any atom is -0.327 e. The van der Waals surface area contributed by atoms with Gasteiger partial charge in [-0.3, -0.25) is 4.79 Å². The average molecular weight is 278 g/mol. The van der Waals surface area contributed by atoms with Gasteiger partial charge < -0.3 is 11.1 Å². The van der Waals surface area contributed by atoms with E-state index < -0.39 is 0 Å². The molecule has 78 valence electrons. The Hall–Kier alpha value is -0.460. The third-order valence-electron chi connectivity index (χ3n) is 1.70. The van der Waals surface area contributed by atoms with E-state index in [2.05, 4.69) is 26.2 Å². The van der Waals surface area contributed by atoms with E-state index in [0.29, 0.717) is 11.6 Å². The lowest BCUT2D eigenvalue weighted by Gasteiger charge is -2.06. The highest BCUT2D eigenvalue weighted by molar-refractivity contribution is 9.11. The molecule has 6 heteroatoms. The van der Waals surface area contributed by atoms with Gasteiger partial charge in [-0.15, -0.1) is 0 Å². The van der Waals surface area contributed by atoms with Gasteiger partial charge in [0.15, 0.2) is 5.13 Å². The summed E-state index contributed by atoms with van der Waals surface area (Å²) in [5.41, 5.74) is 5.65. The van der Waals surface area contributed by atoms with Gasteiger partial charge in [-0.1, -0.05) is 18.3 Å². The number of carbonyl (C=O) groups is 1. The molecule has 3 N–H and O–H groups in total. The van der Waals surface area contributed by atoms with E-state index in [1.54, 1.807) is 6.20 Å². The van der Waals surface area contributed by atoms with Crippen LogP contribution < -0.4 is 11.1 Å². The number of nitrogens with two attached hydrogens (primary N) is 1. The van der Waals surface area contributed by atoms with Crippen molar-refractivity contribution in [3.63, 3.8) is 0 Å². The molecule has 14 heavy (non-hydrogen) atoms. The highest BCUT2D eigenvalue weighted by atomic mass is 79.9. The maximum absolute atomic E-state index is 11.4. The molecule has 0 aliphatic rings. The summed E-state index contributed by atoms with van der Waals surface area (Å²) in [4.78, 5) is 15.3. The highest BCUT2D eigenvalue weighted by Gasteiger charge is 2.09. The predicted octanol–water partition coefficient (Wildman–Crippen LogP) is 1.97. The van der Waals surface area contributed by atoms with E-state index in [1.165, 1.54) is 11.3 Å². The number of hydrogen-bond acceptors (Lipinski definition) is 4. The zero-order chi connectivity index (χ0) is 10.6. The molecule has 0 bridgehead atoms. The van der Waals surface area contributed by atoms with Crippen molar-refractivity contribution in [3.8, 4) is 0 Å². The van der Waals surface area contributed by atoms with Gasteiger partial charge in [0.05, 0.1) is 9.98 Å². The third-order valence-corrected chi connectivity index (χ3v) is 3.09. The lowest BCUT2D eigenvalue weighted by molar-refractivity contribution is -0.116. The van der Waals surface area contributed by atoms with Crippen LogP contribution in [0.3, 0.4) is 0 Å². The molecule has 0 radical (unpaired) electrons. The smallest absolute Gasteiger partial charge is 0.227 e. The Morgan fingerprint density at radius 1 is 1.86 bits per heavy atom. The van der Waals surface area contributed by atoms with Crippen molar-refractivity contribution in [2.75, 3.05) is 5.32 Å². The first kappa shape index (κ1) is 11.6. The number of nitrogens with zero attached hydrogens (tertiary/aromatic N) is 1. The van der Waals surface area contributed by atoms with E-state index in [-0.39, 0.29) is 11.9 Å². The molecule has 1 aromatic heterocycles. The van der Waals surface area contributed by atoms with Crippen molar-refractivity contribution < 1.29 is 4.79 Å². The number of hydrogen-bond donors (Lipinski definition) is 2. The molecule has 0 aromatic carbocycles. The number of halogens is 1. The van der Waals surface area contributed by atoms with Crippen molar-refractivity contribution in [3.05, 3.63) is 9.98 Å². The third kappa shape index (κ3) is 3.73. The van der Waals surface area contributed by atoms with Crippen LogP contribution in [-0.4, -0.2) is 16.9 Å². The Labute approximate surface area is 95.0 Å². The molecule has 0 saturated carbocycles. The molecule has 1 amide bonds. The monoisotopic (exact) mass is 277 g/mol. The molecule has 1 atom stereocenters. The summed E-state index contributed by atoms with van der Waals surface area (Å²) in [6.07, 6.45) is 2.79. The van der Waals surface area contributed by atoms with Gasteiger partial charge in [-0.2, -0.15) is 0 Å². The van der Waals surface area contributed by atoms with Crippen LogP contribution >= 0.6 is 27.3 Å². The standard InChI is InChI=1S/C8H12BrN3OS/c1-2-5(10)3-7(13)12-8-11-4-6(9)14-8/h4-5H,2-3,10H2,1H3,(H,11,12,13). The first-order valence-corrected chi connectivity index (χ1v) is 5.89. The fourth-order valence-corrected chi connectivity index (χ4v) is 1.99. The number of rotatable bonds is 4. The lowest BCUT2D eigenvalue weighted by Crippen LogP contribution is -2.26. The quantitative estimate of drug-likeness (QED) is 0.884. The summed E-state index contributed by atoms with van der Waals surface area (Å²) in [5, 5.41) is 3.29. The second-order valence-electron chi connectivity index (χ2n) is 2.89. The largest absolute Gasteiger partial charge is 0.327 e. The average Bonchev–Trinajstić information content (AvgIpc) is 2.50. The van der Waals surface area contributed by atoms with Crippen LogP contribution in [0.2, 0.25) is 0 Å². The number of carbonyl (C=O) groups excluding carboxylic acids is 1. The summed E-state index contributed by atoms with van der Waals surface area (Å²) in [6, 6.07) is -0.0709. The Kier molecular flexibility index (Phi) is 4.50. The van der Waals surface area contributed by atoms with Gasteiger partial charge in [0.2, 0.25) is 5.91 Å². The zero-order valence-corrected chi connectivity index (χ0v) is 10.2. The SMILES string of the molecule is CCC(N)CC(=O)Nc1ncc(Br)s1. The van der Waals surface area contributed by atoms with E-state index >= 15 is 0 Å². The van der Waals surface area contributed by atoms with Crippen LogP contribution in [-0.2, 0) is 4.79 Å². The second kappa shape index (κ2) is 5.43. The summed E-state index contributed by atoms with van der Waals surface area (Å²) < 4.78 is 0.896. The van der Waals surface area contributed by atoms with Gasteiger partial charge in [0.25, 0.3) is 0 Å². The van der Waals surface area contributed by atoms with Crippen LogP contribution in [0.4, 0.5) is 5.13 Å². The predicted molar refractivity (Wildman–Crippen MR) is 61.3 cm³/mol. The van der Waals surface area contributed by atoms with Crippen LogP contribution in [0.15, 0.2) is 9.98 Å². The van der Waals surface area contributed by atoms with Gasteiger partial charge in [-0.25, -0.2) is 4.98 Å². The molecule has 0 saturated heterocycles. The van der Waals surface area contributed by atoms with Crippen LogP contribution in [0.5, 0.6) is 0 Å². The van der Waals surface area contributed by atoms with Crippen molar-refractivity contribution >= 4 is 38.3 Å². The maximum atomic E-state index is 11.4. The second-order valence-corrected chi connectivity index (χ2v) is 5.30. The van der Waals surface area contributed by atoms with Gasteiger partial charge in [-0.05, 0) is 22.4 Å². The van der Waals surface area contributed by atoms with Crippen LogP contribution in [0, 0.1) is 0 Å². The topological polar surface area (TPSA) is 68.0 Å². The fraction of sp³-hybridized carbons (Fsp3) is 0.500. The normalized spacial score (nSPS) is 12.5. The molecule has 4 nitrogen and oxygen atoms in total. The molecule has 0 fully saturated rings. The Balaban J connectivity index is 2.41. The van der Waals surface area contributed by atoms with E-state index in [9.17, 15) is 4.79 Å². The van der Waals surface area contributed by atoms with Gasteiger partial charge >= 0.3 is 0 Å². The number of amides is 1. The van der Waals surface area contributed by atoms with Gasteiger partial charge in [0.1, 0.15) is 0 Å². The van der Waals surface area contributed by atoms with Crippen molar-refractivity contribution in [1.29, 1.82) is 0 Å². The zero-order valence-electron chi connectivity index (χ0n) is 7.79. The Morgan fingerprint density at radius 2 is 2.57 bits per heavy atom. The summed E-state index contributed by atoms with van der Waals surface area (Å²) in [7, 11) is 0. The molecule has 0 spiro atoms. The van der Waals surface area contributed by atoms with Gasteiger partial charge in [0, 0.05) is 12.5 Å². The number of anilines is 1. The molecule has 0 aliphatic carbocycles. The van der Waals surface area contributed by atoms with Crippen molar-refractivity contribution in [2.45, 2.75) is 25.8 Å². The van der Waals surface area contributed by atoms with E-state index in [0.717, 1.165) is 10.2 Å². The first-order chi connectivity index (χ1) is 6.61. The van der Waals surface area contributed by atoms with Crippen LogP contribution in [0.1, 0.15) is 19.8 Å². The molecule has 1 heterocycles. The molecule has 1 aromatic rings. The summed E-state index contributed by atoms with van der Waals surface area (Å²) in [6.45, 7) is 1.96. The maximum Gasteiger partial charge on any atom is 0.227 e. The molecule has 1 unspecified atom stereocenters. The summed E-state index contributed by atoms with van der Waals surface area (Å²) >= 11 is 4.65. The van der Waals surface area contributed by atoms with Crippen LogP contribution in [0.25, 0.3) is 0 Å². The lowest BCUT2D eigenvalue weighted by atomic mass is 10.2. The van der Waals surface area contributed by atoms with Crippen molar-refractivity contribution in [2.24, 2.45) is 5.73 Å². The highest BCUT2D eigenvalue weighted by Crippen LogP contribution is 2.23. The molecule has 0 aliphatic heterocycles. The van der Waals surface area contributed by atoms with E-state index in [1.807, 2.05) is 6.92 Å². The minimum atomic E-state index is -0.0822.